The summed E-state index contributed by atoms with van der Waals surface area (Å²) in [4.78, 5) is 98.8. The highest BCUT2D eigenvalue weighted by Gasteiger charge is 2.79. The number of amides is 1. The molecule has 7 rings (SSSR count). The Morgan fingerprint density at radius 3 is 1.93 bits per heavy atom. The first-order valence-corrected chi connectivity index (χ1v) is 22.5. The van der Waals surface area contributed by atoms with E-state index < -0.39 is 125 Å². The van der Waals surface area contributed by atoms with Gasteiger partial charge in [0.1, 0.15) is 36.1 Å². The third-order valence-electron chi connectivity index (χ3n) is 14.5. The molecule has 1 aliphatic heterocycles. The number of Topliss-reactive ketones (excluding diaryl/α,β-unsaturated/α-hetero) is 1. The molecule has 0 spiro atoms. The van der Waals surface area contributed by atoms with Crippen LogP contribution in [0.1, 0.15) is 93.6 Å². The van der Waals surface area contributed by atoms with Crippen LogP contribution in [0.3, 0.4) is 0 Å². The van der Waals surface area contributed by atoms with E-state index in [-0.39, 0.29) is 35.3 Å². The van der Waals surface area contributed by atoms with Crippen LogP contribution in [0.2, 0.25) is 0 Å². The van der Waals surface area contributed by atoms with Crippen LogP contribution < -0.4 is 10.6 Å². The van der Waals surface area contributed by atoms with Crippen molar-refractivity contribution < 1.29 is 72.2 Å². The maximum atomic E-state index is 16.1. The summed E-state index contributed by atoms with van der Waals surface area (Å²) in [5, 5.41) is 31.4. The summed E-state index contributed by atoms with van der Waals surface area (Å²) in [6.07, 6.45) is -10.7. The predicted octanol–water partition coefficient (Wildman–Crippen LogP) is 3.89. The number of fused-ring (bicyclic) bond motifs is 5. The fourth-order valence-electron chi connectivity index (χ4n) is 10.7. The third-order valence-corrected chi connectivity index (χ3v) is 14.5. The Balaban J connectivity index is 1.43. The molecule has 1 unspecified atom stereocenters. The molecule has 4 N–H and O–H groups in total. The lowest BCUT2D eigenvalue weighted by Gasteiger charge is -2.67. The molecule has 4 aliphatic rings. The van der Waals surface area contributed by atoms with Gasteiger partial charge in [0.2, 0.25) is 0 Å². The summed E-state index contributed by atoms with van der Waals surface area (Å²) in [6.45, 7) is 9.49. The van der Waals surface area contributed by atoms with Crippen LogP contribution in [0.15, 0.2) is 102 Å². The van der Waals surface area contributed by atoms with Gasteiger partial charge < -0.3 is 49.3 Å². The number of aliphatic hydroxyl groups excluding tert-OH is 1. The predicted molar refractivity (Wildman–Crippen MR) is 240 cm³/mol. The van der Waals surface area contributed by atoms with Gasteiger partial charge in [-0.3, -0.25) is 24.0 Å². The first kappa shape index (κ1) is 49.6. The normalized spacial score (nSPS) is 30.5. The number of carbonyl (C=O) groups is 7. The van der Waals surface area contributed by atoms with Crippen molar-refractivity contribution in [3.8, 4) is 0 Å². The molecule has 3 fully saturated rings. The number of aliphatic hydroxyl groups is 2. The Morgan fingerprint density at radius 1 is 0.794 bits per heavy atom. The molecule has 1 heterocycles. The standard InChI is InChI=1S/C51H58N2O15/c1-27-34(65-47(61)39(56)38(31-18-12-9-13-19-31)53-44(58)32-20-14-10-15-21-32)25-51(62)43(67-46(60)33-22-16-11-17-23-33)41-49(7,42(57)40(64-29(3)54)37(27)48(51,5)6)35(66-45(59)28(2)52-8)24-36-50(41,26-63-36)68-30(4)55/h9-23,28,34-36,38-41,43,52,56,62H,24-26H2,1-8H3,(H,53,58)/t28-,34-,35-,36+,38-,39+,40+,41?,43-,49+,50-,51+/m0/s1. The molecule has 68 heavy (non-hydrogen) atoms. The van der Waals surface area contributed by atoms with Crippen LogP contribution in [0.25, 0.3) is 0 Å². The van der Waals surface area contributed by atoms with Crippen molar-refractivity contribution in [1.29, 1.82) is 0 Å². The monoisotopic (exact) mass is 938 g/mol. The Labute approximate surface area is 393 Å². The molecule has 12 atom stereocenters. The first-order valence-electron chi connectivity index (χ1n) is 22.5. The number of rotatable bonds is 13. The van der Waals surface area contributed by atoms with Gasteiger partial charge >= 0.3 is 29.8 Å². The lowest BCUT2D eigenvalue weighted by atomic mass is 9.44. The highest BCUT2D eigenvalue weighted by Crippen LogP contribution is 2.65. The lowest BCUT2D eigenvalue weighted by Crippen LogP contribution is -2.82. The van der Waals surface area contributed by atoms with Gasteiger partial charge in [0.15, 0.2) is 23.6 Å². The minimum Gasteiger partial charge on any atom is -0.460 e. The fraction of sp³-hybridized carbons (Fsp3) is 0.471. The highest BCUT2D eigenvalue weighted by molar-refractivity contribution is 5.96. The average molecular weight is 939 g/mol. The van der Waals surface area contributed by atoms with Crippen LogP contribution in [-0.2, 0) is 52.4 Å². The first-order chi connectivity index (χ1) is 32.1. The molecule has 0 radical (unpaired) electrons. The number of esters is 5. The van der Waals surface area contributed by atoms with E-state index in [1.807, 2.05) is 0 Å². The van der Waals surface area contributed by atoms with Crippen molar-refractivity contribution in [2.75, 3.05) is 13.7 Å². The molecular weight excluding hydrogens is 881 g/mol. The molecule has 1 amide bonds. The van der Waals surface area contributed by atoms with E-state index in [1.54, 1.807) is 99.6 Å². The van der Waals surface area contributed by atoms with Crippen molar-refractivity contribution >= 4 is 41.5 Å². The molecular formula is C51H58N2O15. The summed E-state index contributed by atoms with van der Waals surface area (Å²) < 4.78 is 37.1. The van der Waals surface area contributed by atoms with Gasteiger partial charge in [-0.25, -0.2) is 9.59 Å². The number of likely N-dealkylation sites (N-methyl/N-ethyl adjacent to an activating group) is 1. The van der Waals surface area contributed by atoms with Crippen molar-refractivity contribution in [3.05, 3.63) is 119 Å². The van der Waals surface area contributed by atoms with Gasteiger partial charge in [0.25, 0.3) is 5.91 Å². The van der Waals surface area contributed by atoms with Gasteiger partial charge in [-0.1, -0.05) is 80.6 Å². The van der Waals surface area contributed by atoms with E-state index in [1.165, 1.54) is 33.0 Å². The van der Waals surface area contributed by atoms with E-state index >= 15 is 4.79 Å². The zero-order valence-corrected chi connectivity index (χ0v) is 39.2. The van der Waals surface area contributed by atoms with E-state index in [0.717, 1.165) is 13.8 Å². The summed E-state index contributed by atoms with van der Waals surface area (Å²) in [5.41, 5.74) is -7.36. The number of benzene rings is 3. The lowest BCUT2D eigenvalue weighted by molar-refractivity contribution is -0.346. The number of nitrogens with one attached hydrogen (secondary N) is 2. The van der Waals surface area contributed by atoms with Gasteiger partial charge in [-0.05, 0) is 68.8 Å². The zero-order valence-electron chi connectivity index (χ0n) is 39.2. The summed E-state index contributed by atoms with van der Waals surface area (Å²) in [7, 11) is 1.54. The topological polar surface area (TPSA) is 239 Å². The van der Waals surface area contributed by atoms with Crippen LogP contribution in [-0.4, -0.2) is 119 Å². The van der Waals surface area contributed by atoms with Crippen LogP contribution >= 0.6 is 0 Å². The smallest absolute Gasteiger partial charge is 0.338 e. The Kier molecular flexibility index (Phi) is 13.9. The van der Waals surface area contributed by atoms with Crippen LogP contribution in [0.5, 0.6) is 0 Å². The summed E-state index contributed by atoms with van der Waals surface area (Å²) in [5.74, 6) is -7.80. The van der Waals surface area contributed by atoms with Crippen molar-refractivity contribution in [1.82, 2.24) is 10.6 Å². The van der Waals surface area contributed by atoms with Gasteiger partial charge in [0.05, 0.1) is 29.5 Å². The molecule has 3 aliphatic carbocycles. The van der Waals surface area contributed by atoms with Gasteiger partial charge in [0, 0.05) is 37.7 Å². The zero-order chi connectivity index (χ0) is 49.5. The molecule has 0 aromatic heterocycles. The summed E-state index contributed by atoms with van der Waals surface area (Å²) in [6, 6.07) is 22.0. The van der Waals surface area contributed by atoms with Crippen molar-refractivity contribution in [2.24, 2.45) is 16.7 Å². The van der Waals surface area contributed by atoms with Gasteiger partial charge in [-0.2, -0.15) is 0 Å². The second kappa shape index (κ2) is 19.0. The summed E-state index contributed by atoms with van der Waals surface area (Å²) >= 11 is 0. The van der Waals surface area contributed by atoms with E-state index in [9.17, 15) is 39.0 Å². The molecule has 1 saturated heterocycles. The van der Waals surface area contributed by atoms with E-state index in [4.69, 9.17) is 28.4 Å². The Morgan fingerprint density at radius 2 is 1.38 bits per heavy atom. The second-order valence-corrected chi connectivity index (χ2v) is 18.8. The van der Waals surface area contributed by atoms with Crippen molar-refractivity contribution in [2.45, 2.75) is 121 Å². The van der Waals surface area contributed by atoms with E-state index in [0.29, 0.717) is 5.56 Å². The number of carbonyl (C=O) groups excluding carboxylic acids is 7. The van der Waals surface area contributed by atoms with Crippen molar-refractivity contribution in [3.63, 3.8) is 0 Å². The second-order valence-electron chi connectivity index (χ2n) is 18.8. The average Bonchev–Trinajstić information content (AvgIpc) is 3.31. The largest absolute Gasteiger partial charge is 0.460 e. The highest BCUT2D eigenvalue weighted by atomic mass is 16.6. The molecule has 17 nitrogen and oxygen atoms in total. The third kappa shape index (κ3) is 8.61. The van der Waals surface area contributed by atoms with E-state index in [2.05, 4.69) is 10.6 Å². The molecule has 17 heteroatoms. The minimum absolute atomic E-state index is 0.0293. The number of ether oxygens (including phenoxy) is 6. The molecule has 3 aromatic carbocycles. The number of hydrogen-bond donors (Lipinski definition) is 4. The fourth-order valence-corrected chi connectivity index (χ4v) is 10.7. The van der Waals surface area contributed by atoms with Crippen LogP contribution in [0, 0.1) is 16.7 Å². The molecule has 3 aromatic rings. The molecule has 362 valence electrons. The quantitative estimate of drug-likeness (QED) is 0.108. The maximum absolute atomic E-state index is 16.1. The number of hydrogen-bond acceptors (Lipinski definition) is 16. The minimum atomic E-state index is -2.45. The number of ketones is 1. The Hall–Kier alpha value is -6.27. The maximum Gasteiger partial charge on any atom is 0.338 e. The SMILES string of the molecule is CN[C@@H](C)C(=O)O[C@H]1C[C@H]2OC[C@@]2(OC(C)=O)C2[C@H](OC(=O)c3ccccc3)[C@]3(O)C[C@H](OC(=O)[C@H](O)[C@@H](NC(=O)c4ccccc4)c4ccccc4)C(C)=C([C@@H](OC(C)=O)C(=O)[C@@]21C)C3(C)C. The van der Waals surface area contributed by atoms with Crippen LogP contribution in [0.4, 0.5) is 0 Å². The molecule has 2 bridgehead atoms. The Bertz CT molecular complexity index is 2480. The van der Waals surface area contributed by atoms with Gasteiger partial charge in [-0.15, -0.1) is 0 Å². The molecule has 2 saturated carbocycles.